The van der Waals surface area contributed by atoms with Gasteiger partial charge in [-0.1, -0.05) is 39.7 Å². The van der Waals surface area contributed by atoms with Crippen LogP contribution in [0.1, 0.15) is 18.5 Å². The molecule has 1 atom stereocenters. The number of carbonyl (C=O) groups excluding carboxylic acids is 1. The van der Waals surface area contributed by atoms with E-state index in [1.807, 2.05) is 31.2 Å². The molecule has 0 aromatic heterocycles. The quantitative estimate of drug-likeness (QED) is 0.483. The molecule has 0 bridgehead atoms. The van der Waals surface area contributed by atoms with Gasteiger partial charge in [0, 0.05) is 18.1 Å². The SMILES string of the molecule is COCCNS(=O)(=O)c1ccc(OCC(=O)N[C@H](C)c2cccc(Br)c2)c(Cl)c1. The van der Waals surface area contributed by atoms with E-state index in [4.69, 9.17) is 21.1 Å². The normalized spacial score (nSPS) is 12.4. The highest BCUT2D eigenvalue weighted by molar-refractivity contribution is 9.10. The Morgan fingerprint density at radius 2 is 2.00 bits per heavy atom. The highest BCUT2D eigenvalue weighted by Crippen LogP contribution is 2.27. The predicted molar refractivity (Wildman–Crippen MR) is 115 cm³/mol. The molecule has 2 N–H and O–H groups in total. The minimum absolute atomic E-state index is 0.00122. The first-order chi connectivity index (χ1) is 13.7. The van der Waals surface area contributed by atoms with Gasteiger partial charge in [0.05, 0.1) is 22.6 Å². The van der Waals surface area contributed by atoms with Gasteiger partial charge in [-0.2, -0.15) is 0 Å². The van der Waals surface area contributed by atoms with Crippen LogP contribution in [0.3, 0.4) is 0 Å². The number of sulfonamides is 1. The van der Waals surface area contributed by atoms with Gasteiger partial charge in [-0.05, 0) is 42.8 Å². The average molecular weight is 506 g/mol. The highest BCUT2D eigenvalue weighted by atomic mass is 79.9. The molecule has 0 unspecified atom stereocenters. The van der Waals surface area contributed by atoms with Crippen molar-refractivity contribution >= 4 is 43.5 Å². The number of benzene rings is 2. The molecule has 0 aliphatic carbocycles. The smallest absolute Gasteiger partial charge is 0.258 e. The van der Waals surface area contributed by atoms with Gasteiger partial charge in [0.1, 0.15) is 5.75 Å². The molecular weight excluding hydrogens is 484 g/mol. The molecule has 0 heterocycles. The maximum Gasteiger partial charge on any atom is 0.258 e. The Labute approximate surface area is 183 Å². The summed E-state index contributed by atoms with van der Waals surface area (Å²) in [6, 6.07) is 11.5. The lowest BCUT2D eigenvalue weighted by Gasteiger charge is -2.15. The van der Waals surface area contributed by atoms with Crippen LogP contribution in [0, 0.1) is 0 Å². The van der Waals surface area contributed by atoms with E-state index in [1.54, 1.807) is 0 Å². The fraction of sp³-hybridized carbons (Fsp3) is 0.316. The Morgan fingerprint density at radius 1 is 1.24 bits per heavy atom. The molecule has 0 spiro atoms. The summed E-state index contributed by atoms with van der Waals surface area (Å²) in [7, 11) is -2.23. The maximum absolute atomic E-state index is 12.2. The molecule has 1 amide bonds. The second-order valence-electron chi connectivity index (χ2n) is 6.12. The molecule has 29 heavy (non-hydrogen) atoms. The van der Waals surface area contributed by atoms with Crippen molar-refractivity contribution in [2.75, 3.05) is 26.9 Å². The summed E-state index contributed by atoms with van der Waals surface area (Å²) >= 11 is 9.52. The topological polar surface area (TPSA) is 93.7 Å². The van der Waals surface area contributed by atoms with Crippen LogP contribution in [-0.2, 0) is 19.6 Å². The molecule has 0 aliphatic heterocycles. The molecule has 0 fully saturated rings. The number of halogens is 2. The Bertz CT molecular complexity index is 955. The Hall–Kier alpha value is -1.65. The van der Waals surface area contributed by atoms with Crippen LogP contribution < -0.4 is 14.8 Å². The summed E-state index contributed by atoms with van der Waals surface area (Å²) < 4.78 is 37.9. The minimum atomic E-state index is -3.71. The van der Waals surface area contributed by atoms with Crippen LogP contribution in [-0.4, -0.2) is 41.2 Å². The standard InChI is InChI=1S/C19H22BrClN2O5S/c1-13(14-4-3-5-15(20)10-14)23-19(24)12-28-18-7-6-16(11-17(18)21)29(25,26)22-8-9-27-2/h3-7,10-11,13,22H,8-9,12H2,1-2H3,(H,23,24)/t13-/m1/s1. The molecule has 0 saturated heterocycles. The Balaban J connectivity index is 1.94. The second kappa shape index (κ2) is 10.9. The fourth-order valence-electron chi connectivity index (χ4n) is 2.41. The van der Waals surface area contributed by atoms with Gasteiger partial charge in [-0.3, -0.25) is 4.79 Å². The molecule has 0 saturated carbocycles. The van der Waals surface area contributed by atoms with Gasteiger partial charge in [0.15, 0.2) is 6.61 Å². The lowest BCUT2D eigenvalue weighted by atomic mass is 10.1. The molecule has 2 aromatic carbocycles. The van der Waals surface area contributed by atoms with Crippen molar-refractivity contribution in [1.82, 2.24) is 10.0 Å². The molecular formula is C19H22BrClN2O5S. The maximum atomic E-state index is 12.2. The molecule has 10 heteroatoms. The van der Waals surface area contributed by atoms with Gasteiger partial charge in [-0.15, -0.1) is 0 Å². The zero-order chi connectivity index (χ0) is 21.4. The first-order valence-corrected chi connectivity index (χ1v) is 11.3. The minimum Gasteiger partial charge on any atom is -0.482 e. The molecule has 0 radical (unpaired) electrons. The predicted octanol–water partition coefficient (Wildman–Crippen LogP) is 3.28. The van der Waals surface area contributed by atoms with Crippen molar-refractivity contribution in [2.45, 2.75) is 17.9 Å². The summed E-state index contributed by atoms with van der Waals surface area (Å²) in [6.45, 7) is 2.01. The van der Waals surface area contributed by atoms with E-state index in [1.165, 1.54) is 25.3 Å². The second-order valence-corrected chi connectivity index (χ2v) is 9.21. The summed E-state index contributed by atoms with van der Waals surface area (Å²) in [5.41, 5.74) is 0.946. The van der Waals surface area contributed by atoms with Gasteiger partial charge in [-0.25, -0.2) is 13.1 Å². The third-order valence-corrected chi connectivity index (χ3v) is 6.14. The van der Waals surface area contributed by atoms with E-state index in [9.17, 15) is 13.2 Å². The van der Waals surface area contributed by atoms with Crippen molar-refractivity contribution in [3.63, 3.8) is 0 Å². The summed E-state index contributed by atoms with van der Waals surface area (Å²) in [5, 5.41) is 2.92. The molecule has 7 nitrogen and oxygen atoms in total. The monoisotopic (exact) mass is 504 g/mol. The number of carbonyl (C=O) groups is 1. The van der Waals surface area contributed by atoms with Crippen LogP contribution >= 0.6 is 27.5 Å². The molecule has 0 aliphatic rings. The first kappa shape index (κ1) is 23.6. The van der Waals surface area contributed by atoms with E-state index >= 15 is 0 Å². The van der Waals surface area contributed by atoms with Crippen molar-refractivity contribution in [1.29, 1.82) is 0 Å². The van der Waals surface area contributed by atoms with Crippen molar-refractivity contribution in [3.05, 3.63) is 57.5 Å². The Morgan fingerprint density at radius 3 is 2.66 bits per heavy atom. The van der Waals surface area contributed by atoms with E-state index in [0.717, 1.165) is 10.0 Å². The van der Waals surface area contributed by atoms with Gasteiger partial charge >= 0.3 is 0 Å². The van der Waals surface area contributed by atoms with Crippen LogP contribution in [0.2, 0.25) is 5.02 Å². The van der Waals surface area contributed by atoms with E-state index < -0.39 is 10.0 Å². The zero-order valence-electron chi connectivity index (χ0n) is 15.9. The highest BCUT2D eigenvalue weighted by Gasteiger charge is 2.16. The van der Waals surface area contributed by atoms with Crippen molar-refractivity contribution in [2.24, 2.45) is 0 Å². The van der Waals surface area contributed by atoms with Gasteiger partial charge in [0.2, 0.25) is 10.0 Å². The van der Waals surface area contributed by atoms with Gasteiger partial charge < -0.3 is 14.8 Å². The lowest BCUT2D eigenvalue weighted by Crippen LogP contribution is -2.31. The Kier molecular flexibility index (Phi) is 8.91. The van der Waals surface area contributed by atoms with E-state index in [-0.39, 0.29) is 47.4 Å². The number of hydrogen-bond donors (Lipinski definition) is 2. The summed E-state index contributed by atoms with van der Waals surface area (Å²) in [6.07, 6.45) is 0. The number of methoxy groups -OCH3 is 1. The number of hydrogen-bond acceptors (Lipinski definition) is 5. The van der Waals surface area contributed by atoms with Crippen molar-refractivity contribution in [3.8, 4) is 5.75 Å². The fourth-order valence-corrected chi connectivity index (χ4v) is 4.17. The van der Waals surface area contributed by atoms with Crippen LogP contribution in [0.25, 0.3) is 0 Å². The van der Waals surface area contributed by atoms with Gasteiger partial charge in [0.25, 0.3) is 5.91 Å². The number of ether oxygens (including phenoxy) is 2. The largest absolute Gasteiger partial charge is 0.482 e. The molecule has 2 aromatic rings. The third-order valence-electron chi connectivity index (χ3n) is 3.90. The van der Waals surface area contributed by atoms with Crippen LogP contribution in [0.5, 0.6) is 5.75 Å². The van der Waals surface area contributed by atoms with Crippen LogP contribution in [0.4, 0.5) is 0 Å². The van der Waals surface area contributed by atoms with E-state index in [0.29, 0.717) is 0 Å². The number of amides is 1. The van der Waals surface area contributed by atoms with Crippen molar-refractivity contribution < 1.29 is 22.7 Å². The lowest BCUT2D eigenvalue weighted by molar-refractivity contribution is -0.123. The number of nitrogens with one attached hydrogen (secondary N) is 2. The summed E-state index contributed by atoms with van der Waals surface area (Å²) in [4.78, 5) is 12.2. The van der Waals surface area contributed by atoms with E-state index in [2.05, 4.69) is 26.0 Å². The first-order valence-electron chi connectivity index (χ1n) is 8.68. The third kappa shape index (κ3) is 7.27. The average Bonchev–Trinajstić information content (AvgIpc) is 2.67. The zero-order valence-corrected chi connectivity index (χ0v) is 19.1. The molecule has 158 valence electrons. The summed E-state index contributed by atoms with van der Waals surface area (Å²) in [5.74, 6) is -0.112. The number of rotatable bonds is 10. The molecule has 2 rings (SSSR count). The van der Waals surface area contributed by atoms with Crippen LogP contribution in [0.15, 0.2) is 51.8 Å².